The van der Waals surface area contributed by atoms with E-state index in [4.69, 9.17) is 14.2 Å². The third-order valence-corrected chi connectivity index (χ3v) is 3.96. The molecule has 0 aliphatic carbocycles. The summed E-state index contributed by atoms with van der Waals surface area (Å²) in [6.45, 7) is 2.11. The van der Waals surface area contributed by atoms with Gasteiger partial charge in [0.1, 0.15) is 17.2 Å². The lowest BCUT2D eigenvalue weighted by molar-refractivity contribution is 0.104. The van der Waals surface area contributed by atoms with E-state index in [-0.39, 0.29) is 5.78 Å². The van der Waals surface area contributed by atoms with Crippen molar-refractivity contribution in [2.24, 2.45) is 0 Å². The third-order valence-electron chi connectivity index (χ3n) is 3.96. The summed E-state index contributed by atoms with van der Waals surface area (Å²) in [5, 5.41) is 0. The molecule has 0 radical (unpaired) electrons. The van der Waals surface area contributed by atoms with Crippen LogP contribution in [0.25, 0.3) is 6.08 Å². The fourth-order valence-corrected chi connectivity index (χ4v) is 2.62. The molecule has 0 atom stereocenters. The number of allylic oxidation sites excluding steroid dienone is 1. The van der Waals surface area contributed by atoms with Gasteiger partial charge < -0.3 is 14.2 Å². The van der Waals surface area contributed by atoms with Crippen LogP contribution in [-0.2, 0) is 6.42 Å². The van der Waals surface area contributed by atoms with Crippen LogP contribution >= 0.6 is 0 Å². The summed E-state index contributed by atoms with van der Waals surface area (Å²) in [7, 11) is 4.86. The molecule has 2 aromatic carbocycles. The number of hydrogen-bond donors (Lipinski definition) is 0. The molecule has 0 bridgehead atoms. The van der Waals surface area contributed by atoms with Crippen LogP contribution in [-0.4, -0.2) is 27.1 Å². The number of ether oxygens (including phenoxy) is 3. The van der Waals surface area contributed by atoms with Crippen LogP contribution in [0.1, 0.15) is 34.8 Å². The Hall–Kier alpha value is -2.75. The summed E-state index contributed by atoms with van der Waals surface area (Å²) in [5.74, 6) is 2.14. The fourth-order valence-electron chi connectivity index (χ4n) is 2.62. The average molecular weight is 340 g/mol. The highest BCUT2D eigenvalue weighted by atomic mass is 16.5. The normalized spacial score (nSPS) is 10.7. The Balaban J connectivity index is 2.32. The first-order valence-corrected chi connectivity index (χ1v) is 8.24. The third kappa shape index (κ3) is 4.63. The minimum atomic E-state index is -0.0631. The van der Waals surface area contributed by atoms with E-state index in [0.29, 0.717) is 11.3 Å². The number of hydrogen-bond acceptors (Lipinski definition) is 4. The van der Waals surface area contributed by atoms with Crippen LogP contribution in [0.3, 0.4) is 0 Å². The zero-order chi connectivity index (χ0) is 18.2. The van der Waals surface area contributed by atoms with Gasteiger partial charge >= 0.3 is 0 Å². The fraction of sp³-hybridized carbons (Fsp3) is 0.286. The molecule has 0 saturated heterocycles. The highest BCUT2D eigenvalue weighted by Gasteiger charge is 2.11. The van der Waals surface area contributed by atoms with Gasteiger partial charge in [-0.25, -0.2) is 0 Å². The van der Waals surface area contributed by atoms with E-state index in [2.05, 4.69) is 6.92 Å². The van der Waals surface area contributed by atoms with Crippen LogP contribution in [0.4, 0.5) is 0 Å². The Morgan fingerprint density at radius 2 is 1.64 bits per heavy atom. The summed E-state index contributed by atoms with van der Waals surface area (Å²) in [6.07, 6.45) is 5.25. The zero-order valence-corrected chi connectivity index (χ0v) is 15.2. The zero-order valence-electron chi connectivity index (χ0n) is 15.2. The van der Waals surface area contributed by atoms with Crippen molar-refractivity contribution in [3.05, 3.63) is 59.2 Å². The molecule has 0 fully saturated rings. The summed E-state index contributed by atoms with van der Waals surface area (Å²) in [4.78, 5) is 12.4. The van der Waals surface area contributed by atoms with Crippen molar-refractivity contribution in [1.82, 2.24) is 0 Å². The van der Waals surface area contributed by atoms with Crippen molar-refractivity contribution in [3.8, 4) is 17.2 Å². The average Bonchev–Trinajstić information content (AvgIpc) is 2.66. The SMILES string of the molecule is CCCc1c(C=CC(=O)c2ccc(OC)cc2)cc(OC)cc1OC. The molecular weight excluding hydrogens is 316 g/mol. The maximum atomic E-state index is 12.4. The van der Waals surface area contributed by atoms with E-state index in [1.165, 1.54) is 0 Å². The van der Waals surface area contributed by atoms with E-state index < -0.39 is 0 Å². The quantitative estimate of drug-likeness (QED) is 0.522. The van der Waals surface area contributed by atoms with Gasteiger partial charge in [-0.15, -0.1) is 0 Å². The van der Waals surface area contributed by atoms with E-state index in [1.54, 1.807) is 51.7 Å². The van der Waals surface area contributed by atoms with E-state index in [0.717, 1.165) is 35.5 Å². The van der Waals surface area contributed by atoms with Gasteiger partial charge in [0.15, 0.2) is 5.78 Å². The monoisotopic (exact) mass is 340 g/mol. The number of carbonyl (C=O) groups is 1. The van der Waals surface area contributed by atoms with Crippen molar-refractivity contribution < 1.29 is 19.0 Å². The highest BCUT2D eigenvalue weighted by molar-refractivity contribution is 6.07. The Bertz CT molecular complexity index is 745. The molecule has 132 valence electrons. The maximum Gasteiger partial charge on any atom is 0.185 e. The number of rotatable bonds is 8. The minimum Gasteiger partial charge on any atom is -0.497 e. The minimum absolute atomic E-state index is 0.0631. The predicted molar refractivity (Wildman–Crippen MR) is 99.9 cm³/mol. The first kappa shape index (κ1) is 18.6. The van der Waals surface area contributed by atoms with Gasteiger partial charge in [-0.3, -0.25) is 4.79 Å². The van der Waals surface area contributed by atoms with Gasteiger partial charge in [-0.1, -0.05) is 19.4 Å². The van der Waals surface area contributed by atoms with E-state index in [9.17, 15) is 4.79 Å². The second-order valence-corrected chi connectivity index (χ2v) is 5.57. The summed E-state index contributed by atoms with van der Waals surface area (Å²) in [6, 6.07) is 10.9. The van der Waals surface area contributed by atoms with Crippen molar-refractivity contribution in [2.45, 2.75) is 19.8 Å². The second kappa shape index (κ2) is 8.92. The molecule has 0 aliphatic rings. The maximum absolute atomic E-state index is 12.4. The van der Waals surface area contributed by atoms with E-state index >= 15 is 0 Å². The van der Waals surface area contributed by atoms with E-state index in [1.807, 2.05) is 18.2 Å². The van der Waals surface area contributed by atoms with Crippen molar-refractivity contribution in [1.29, 1.82) is 0 Å². The van der Waals surface area contributed by atoms with Crippen LogP contribution in [0, 0.1) is 0 Å². The molecule has 0 aliphatic heterocycles. The van der Waals surface area contributed by atoms with Crippen LogP contribution in [0.2, 0.25) is 0 Å². The van der Waals surface area contributed by atoms with Crippen LogP contribution in [0.15, 0.2) is 42.5 Å². The van der Waals surface area contributed by atoms with Gasteiger partial charge in [-0.05, 0) is 48.4 Å². The highest BCUT2D eigenvalue weighted by Crippen LogP contribution is 2.31. The molecular formula is C21H24O4. The summed E-state index contributed by atoms with van der Waals surface area (Å²) < 4.78 is 15.9. The molecule has 25 heavy (non-hydrogen) atoms. The van der Waals surface area contributed by atoms with Crippen molar-refractivity contribution in [3.63, 3.8) is 0 Å². The Labute approximate surface area is 149 Å². The summed E-state index contributed by atoms with van der Waals surface area (Å²) >= 11 is 0. The van der Waals surface area contributed by atoms with Gasteiger partial charge in [0.05, 0.1) is 21.3 Å². The Morgan fingerprint density at radius 1 is 0.960 bits per heavy atom. The number of benzene rings is 2. The van der Waals surface area contributed by atoms with Gasteiger partial charge in [0.2, 0.25) is 0 Å². The van der Waals surface area contributed by atoms with Crippen LogP contribution in [0.5, 0.6) is 17.2 Å². The van der Waals surface area contributed by atoms with Crippen molar-refractivity contribution >= 4 is 11.9 Å². The number of carbonyl (C=O) groups excluding carboxylic acids is 1. The molecule has 0 aromatic heterocycles. The smallest absolute Gasteiger partial charge is 0.185 e. The Morgan fingerprint density at radius 3 is 2.20 bits per heavy atom. The molecule has 4 nitrogen and oxygen atoms in total. The summed E-state index contributed by atoms with van der Waals surface area (Å²) in [5.41, 5.74) is 2.62. The van der Waals surface area contributed by atoms with Crippen molar-refractivity contribution in [2.75, 3.05) is 21.3 Å². The largest absolute Gasteiger partial charge is 0.497 e. The Kier molecular flexibility index (Phi) is 6.63. The lowest BCUT2D eigenvalue weighted by atomic mass is 10.00. The topological polar surface area (TPSA) is 44.8 Å². The molecule has 0 saturated carbocycles. The molecule has 2 rings (SSSR count). The van der Waals surface area contributed by atoms with Gasteiger partial charge in [0.25, 0.3) is 0 Å². The van der Waals surface area contributed by atoms with Gasteiger partial charge in [0, 0.05) is 17.2 Å². The lowest BCUT2D eigenvalue weighted by Gasteiger charge is -2.13. The van der Waals surface area contributed by atoms with Crippen LogP contribution < -0.4 is 14.2 Å². The number of ketones is 1. The first-order valence-electron chi connectivity index (χ1n) is 8.24. The molecule has 2 aromatic rings. The molecule has 0 amide bonds. The molecule has 4 heteroatoms. The lowest BCUT2D eigenvalue weighted by Crippen LogP contribution is -1.98. The predicted octanol–water partition coefficient (Wildman–Crippen LogP) is 4.56. The molecule has 0 spiro atoms. The number of methoxy groups -OCH3 is 3. The first-order chi connectivity index (χ1) is 12.1. The molecule has 0 heterocycles. The van der Waals surface area contributed by atoms with Gasteiger partial charge in [-0.2, -0.15) is 0 Å². The standard InChI is InChI=1S/C21H24O4/c1-5-6-19-16(13-18(24-3)14-21(19)25-4)9-12-20(22)15-7-10-17(23-2)11-8-15/h7-14H,5-6H2,1-4H3. The molecule has 0 unspecified atom stereocenters. The molecule has 0 N–H and O–H groups in total. The second-order valence-electron chi connectivity index (χ2n) is 5.57.